The fourth-order valence-electron chi connectivity index (χ4n) is 2.61. The topological polar surface area (TPSA) is 96.5 Å². The lowest BCUT2D eigenvalue weighted by Gasteiger charge is -2.19. The number of benzene rings is 2. The molecule has 7 nitrogen and oxygen atoms in total. The fourth-order valence-corrected chi connectivity index (χ4v) is 2.61. The maximum absolute atomic E-state index is 12.4. The summed E-state index contributed by atoms with van der Waals surface area (Å²) in [7, 11) is 0. The van der Waals surface area contributed by atoms with Crippen molar-refractivity contribution in [1.29, 1.82) is 0 Å². The highest BCUT2D eigenvalue weighted by molar-refractivity contribution is 5.93. The standard InChI is InChI=1S/C23H29N3O4/c1-16-9-11-17(12-10-16)13-20(27)26-19-8-6-5-7-18(19)14-24-21(28)15-25-22(29)30-23(2,3)4/h5-12H,13-15H2,1-4H3,(H,24,28)(H,25,29)(H,26,27). The molecule has 0 aliphatic rings. The Morgan fingerprint density at radius 3 is 2.23 bits per heavy atom. The molecule has 2 aromatic rings. The number of hydrogen-bond donors (Lipinski definition) is 3. The van der Waals surface area contributed by atoms with E-state index in [9.17, 15) is 14.4 Å². The number of anilines is 1. The van der Waals surface area contributed by atoms with Crippen molar-refractivity contribution in [3.63, 3.8) is 0 Å². The Balaban J connectivity index is 1.85. The van der Waals surface area contributed by atoms with E-state index in [4.69, 9.17) is 4.74 Å². The van der Waals surface area contributed by atoms with Gasteiger partial charge in [0.05, 0.1) is 6.42 Å². The Labute approximate surface area is 177 Å². The zero-order valence-electron chi connectivity index (χ0n) is 17.9. The molecule has 0 unspecified atom stereocenters. The second-order valence-electron chi connectivity index (χ2n) is 8.00. The smallest absolute Gasteiger partial charge is 0.408 e. The molecule has 0 spiro atoms. The van der Waals surface area contributed by atoms with Gasteiger partial charge >= 0.3 is 6.09 Å². The van der Waals surface area contributed by atoms with Gasteiger partial charge in [-0.15, -0.1) is 0 Å². The Kier molecular flexibility index (Phi) is 7.98. The van der Waals surface area contributed by atoms with Crippen LogP contribution in [0, 0.1) is 6.92 Å². The predicted molar refractivity (Wildman–Crippen MR) is 116 cm³/mol. The first-order valence-electron chi connectivity index (χ1n) is 9.79. The molecule has 0 atom stereocenters. The molecule has 0 aliphatic carbocycles. The molecule has 0 saturated carbocycles. The summed E-state index contributed by atoms with van der Waals surface area (Å²) in [5.74, 6) is -0.495. The van der Waals surface area contributed by atoms with Crippen molar-refractivity contribution < 1.29 is 19.1 Å². The second kappa shape index (κ2) is 10.4. The summed E-state index contributed by atoms with van der Waals surface area (Å²) in [5, 5.41) is 8.03. The monoisotopic (exact) mass is 411 g/mol. The maximum atomic E-state index is 12.4. The van der Waals surface area contributed by atoms with Crippen LogP contribution in [0.2, 0.25) is 0 Å². The Morgan fingerprint density at radius 2 is 1.57 bits per heavy atom. The lowest BCUT2D eigenvalue weighted by atomic mass is 10.1. The number of rotatable bonds is 7. The van der Waals surface area contributed by atoms with Gasteiger partial charge in [-0.2, -0.15) is 0 Å². The minimum atomic E-state index is -0.651. The fraction of sp³-hybridized carbons (Fsp3) is 0.348. The van der Waals surface area contributed by atoms with Crippen LogP contribution in [0.3, 0.4) is 0 Å². The molecule has 160 valence electrons. The van der Waals surface area contributed by atoms with Crippen LogP contribution in [-0.2, 0) is 27.3 Å². The van der Waals surface area contributed by atoms with E-state index >= 15 is 0 Å². The van der Waals surface area contributed by atoms with Gasteiger partial charge in [0.25, 0.3) is 0 Å². The third-order valence-corrected chi connectivity index (χ3v) is 4.04. The molecule has 0 heterocycles. The van der Waals surface area contributed by atoms with Crippen LogP contribution >= 0.6 is 0 Å². The average Bonchev–Trinajstić information content (AvgIpc) is 2.66. The first-order valence-corrected chi connectivity index (χ1v) is 9.79. The van der Waals surface area contributed by atoms with E-state index in [1.165, 1.54) is 0 Å². The van der Waals surface area contributed by atoms with E-state index in [2.05, 4.69) is 16.0 Å². The van der Waals surface area contributed by atoms with Crippen LogP contribution in [0.15, 0.2) is 48.5 Å². The number of aryl methyl sites for hydroxylation is 1. The van der Waals surface area contributed by atoms with Crippen molar-refractivity contribution in [2.24, 2.45) is 0 Å². The van der Waals surface area contributed by atoms with Gasteiger partial charge in [0.15, 0.2) is 0 Å². The molecular weight excluding hydrogens is 382 g/mol. The summed E-state index contributed by atoms with van der Waals surface area (Å²) in [6.07, 6.45) is -0.387. The molecule has 2 rings (SSSR count). The number of amides is 3. The largest absolute Gasteiger partial charge is 0.444 e. The molecular formula is C23H29N3O4. The van der Waals surface area contributed by atoms with Gasteiger partial charge in [-0.05, 0) is 44.9 Å². The third kappa shape index (κ3) is 8.34. The number of ether oxygens (including phenoxy) is 1. The lowest BCUT2D eigenvalue weighted by Crippen LogP contribution is -2.39. The SMILES string of the molecule is Cc1ccc(CC(=O)Nc2ccccc2CNC(=O)CNC(=O)OC(C)(C)C)cc1. The van der Waals surface area contributed by atoms with E-state index in [0.717, 1.165) is 16.7 Å². The molecule has 3 N–H and O–H groups in total. The van der Waals surface area contributed by atoms with Gasteiger partial charge in [0, 0.05) is 12.2 Å². The average molecular weight is 412 g/mol. The zero-order valence-corrected chi connectivity index (χ0v) is 17.9. The molecule has 2 aromatic carbocycles. The van der Waals surface area contributed by atoms with Gasteiger partial charge in [0.1, 0.15) is 12.1 Å². The van der Waals surface area contributed by atoms with Crippen LogP contribution in [0.4, 0.5) is 10.5 Å². The third-order valence-electron chi connectivity index (χ3n) is 4.04. The first kappa shape index (κ1) is 22.9. The van der Waals surface area contributed by atoms with Crippen LogP contribution in [0.25, 0.3) is 0 Å². The number of carbonyl (C=O) groups is 3. The Hall–Kier alpha value is -3.35. The Morgan fingerprint density at radius 1 is 0.900 bits per heavy atom. The van der Waals surface area contributed by atoms with E-state index in [0.29, 0.717) is 5.69 Å². The van der Waals surface area contributed by atoms with Crippen LogP contribution in [-0.4, -0.2) is 30.1 Å². The highest BCUT2D eigenvalue weighted by atomic mass is 16.6. The minimum Gasteiger partial charge on any atom is -0.444 e. The Bertz CT molecular complexity index is 886. The molecule has 3 amide bonds. The van der Waals surface area contributed by atoms with Gasteiger partial charge in [0.2, 0.25) is 11.8 Å². The molecule has 30 heavy (non-hydrogen) atoms. The highest BCUT2D eigenvalue weighted by Gasteiger charge is 2.16. The minimum absolute atomic E-state index is 0.135. The number of nitrogens with one attached hydrogen (secondary N) is 3. The summed E-state index contributed by atoms with van der Waals surface area (Å²) in [4.78, 5) is 36.0. The predicted octanol–water partition coefficient (Wildman–Crippen LogP) is 3.32. The number of carbonyl (C=O) groups excluding carboxylic acids is 3. The number of alkyl carbamates (subject to hydrolysis) is 1. The van der Waals surface area contributed by atoms with E-state index in [1.54, 1.807) is 26.8 Å². The first-order chi connectivity index (χ1) is 14.1. The highest BCUT2D eigenvalue weighted by Crippen LogP contribution is 2.15. The van der Waals surface area contributed by atoms with Gasteiger partial charge < -0.3 is 20.7 Å². The van der Waals surface area contributed by atoms with Gasteiger partial charge in [-0.25, -0.2) is 4.79 Å². The molecule has 0 aliphatic heterocycles. The summed E-state index contributed by atoms with van der Waals surface area (Å²) in [5.41, 5.74) is 2.84. The maximum Gasteiger partial charge on any atom is 0.408 e. The number of para-hydroxylation sites is 1. The van der Waals surface area contributed by atoms with E-state index in [-0.39, 0.29) is 31.3 Å². The normalized spacial score (nSPS) is 10.8. The van der Waals surface area contributed by atoms with Gasteiger partial charge in [-0.3, -0.25) is 9.59 Å². The van der Waals surface area contributed by atoms with Crippen molar-refractivity contribution in [2.45, 2.75) is 46.3 Å². The molecule has 0 saturated heterocycles. The van der Waals surface area contributed by atoms with Crippen molar-refractivity contribution >= 4 is 23.6 Å². The lowest BCUT2D eigenvalue weighted by molar-refractivity contribution is -0.120. The molecule has 0 fully saturated rings. The molecule has 0 radical (unpaired) electrons. The zero-order chi connectivity index (χ0) is 22.1. The summed E-state index contributed by atoms with van der Waals surface area (Å²) in [6, 6.07) is 15.1. The molecule has 7 heteroatoms. The number of hydrogen-bond acceptors (Lipinski definition) is 4. The van der Waals surface area contributed by atoms with Crippen molar-refractivity contribution in [2.75, 3.05) is 11.9 Å². The van der Waals surface area contributed by atoms with Crippen molar-refractivity contribution in [3.05, 3.63) is 65.2 Å². The summed E-state index contributed by atoms with van der Waals surface area (Å²) in [6.45, 7) is 7.26. The van der Waals surface area contributed by atoms with Crippen LogP contribution in [0.5, 0.6) is 0 Å². The van der Waals surface area contributed by atoms with E-state index < -0.39 is 11.7 Å². The molecule has 0 bridgehead atoms. The van der Waals surface area contributed by atoms with Crippen LogP contribution < -0.4 is 16.0 Å². The van der Waals surface area contributed by atoms with Gasteiger partial charge in [-0.1, -0.05) is 48.0 Å². The second-order valence-corrected chi connectivity index (χ2v) is 8.00. The quantitative estimate of drug-likeness (QED) is 0.651. The molecule has 0 aromatic heterocycles. The van der Waals surface area contributed by atoms with Crippen LogP contribution in [0.1, 0.15) is 37.5 Å². The van der Waals surface area contributed by atoms with Crippen molar-refractivity contribution in [1.82, 2.24) is 10.6 Å². The summed E-state index contributed by atoms with van der Waals surface area (Å²) < 4.78 is 5.09. The summed E-state index contributed by atoms with van der Waals surface area (Å²) >= 11 is 0. The van der Waals surface area contributed by atoms with Crippen molar-refractivity contribution in [3.8, 4) is 0 Å². The van der Waals surface area contributed by atoms with E-state index in [1.807, 2.05) is 49.4 Å².